The molecule has 1 aromatic carbocycles. The molecule has 0 radical (unpaired) electrons. The van der Waals surface area contributed by atoms with Gasteiger partial charge in [0.25, 0.3) is 5.91 Å². The van der Waals surface area contributed by atoms with Gasteiger partial charge < -0.3 is 24.8 Å². The van der Waals surface area contributed by atoms with Crippen molar-refractivity contribution in [3.8, 4) is 11.5 Å². The highest BCUT2D eigenvalue weighted by molar-refractivity contribution is 5.85. The van der Waals surface area contributed by atoms with Crippen LogP contribution in [0.2, 0.25) is 0 Å². The minimum Gasteiger partial charge on any atom is -0.497 e. The third-order valence-electron chi connectivity index (χ3n) is 2.91. The summed E-state index contributed by atoms with van der Waals surface area (Å²) in [5.74, 6) is 1.36. The Morgan fingerprint density at radius 3 is 2.29 bits per heavy atom. The highest BCUT2D eigenvalue weighted by Gasteiger charge is 2.19. The van der Waals surface area contributed by atoms with Gasteiger partial charge in [-0.2, -0.15) is 0 Å². The molecule has 0 fully saturated rings. The van der Waals surface area contributed by atoms with Crippen molar-refractivity contribution in [2.45, 2.75) is 6.10 Å². The molecule has 2 N–H and O–H groups in total. The molecule has 0 saturated carbocycles. The molecule has 0 bridgehead atoms. The molecule has 0 aliphatic carbocycles. The van der Waals surface area contributed by atoms with Crippen molar-refractivity contribution < 1.29 is 19.0 Å². The van der Waals surface area contributed by atoms with Crippen LogP contribution in [0.25, 0.3) is 0 Å². The topological polar surface area (TPSA) is 74.0 Å². The second-order valence-electron chi connectivity index (χ2n) is 4.24. The summed E-state index contributed by atoms with van der Waals surface area (Å²) in [5.41, 5.74) is 5.45. The summed E-state index contributed by atoms with van der Waals surface area (Å²) in [6.07, 6.45) is -0.596. The predicted octanol–water partition coefficient (Wildman–Crippen LogP) is 0.928. The first-order valence-electron chi connectivity index (χ1n) is 6.37. The number of rotatable bonds is 8. The zero-order valence-electron chi connectivity index (χ0n) is 12.6. The predicted molar refractivity (Wildman–Crippen MR) is 83.2 cm³/mol. The average molecular weight is 319 g/mol. The number of nitrogens with two attached hydrogens (primary N) is 1. The minimum absolute atomic E-state index is 0. The zero-order chi connectivity index (χ0) is 15.0. The van der Waals surface area contributed by atoms with E-state index in [9.17, 15) is 4.79 Å². The monoisotopic (exact) mass is 318 g/mol. The number of ether oxygens (including phenoxy) is 3. The number of methoxy groups -OCH3 is 2. The first kappa shape index (κ1) is 19.5. The summed E-state index contributed by atoms with van der Waals surface area (Å²) < 4.78 is 15.6. The van der Waals surface area contributed by atoms with Crippen LogP contribution in [-0.4, -0.2) is 57.9 Å². The SMILES string of the molecule is COc1ccc(OCCN(C)C(=O)C(CN)OC)cc1.Cl. The van der Waals surface area contributed by atoms with Gasteiger partial charge in [0.1, 0.15) is 24.2 Å². The lowest BCUT2D eigenvalue weighted by molar-refractivity contribution is -0.140. The van der Waals surface area contributed by atoms with Gasteiger partial charge in [-0.3, -0.25) is 4.79 Å². The van der Waals surface area contributed by atoms with E-state index in [1.54, 1.807) is 19.1 Å². The van der Waals surface area contributed by atoms with Crippen molar-refractivity contribution in [2.24, 2.45) is 5.73 Å². The van der Waals surface area contributed by atoms with Crippen LogP contribution < -0.4 is 15.2 Å². The summed E-state index contributed by atoms with van der Waals surface area (Å²) in [7, 11) is 4.78. The minimum atomic E-state index is -0.596. The number of carbonyl (C=O) groups is 1. The van der Waals surface area contributed by atoms with Gasteiger partial charge in [0.15, 0.2) is 0 Å². The van der Waals surface area contributed by atoms with Crippen LogP contribution in [0.4, 0.5) is 0 Å². The Morgan fingerprint density at radius 1 is 1.24 bits per heavy atom. The standard InChI is InChI=1S/C14H22N2O4.ClH/c1-16(14(17)13(10-15)19-3)8-9-20-12-6-4-11(18-2)5-7-12;/h4-7,13H,8-10,15H2,1-3H3;1H. The number of likely N-dealkylation sites (N-methyl/N-ethyl adjacent to an activating group) is 1. The molecule has 0 aromatic heterocycles. The summed E-state index contributed by atoms with van der Waals surface area (Å²) in [6, 6.07) is 7.27. The molecule has 0 aliphatic rings. The lowest BCUT2D eigenvalue weighted by atomic mass is 10.3. The molecule has 1 unspecified atom stereocenters. The number of nitrogens with zero attached hydrogens (tertiary/aromatic N) is 1. The molecule has 0 aliphatic heterocycles. The Hall–Kier alpha value is -1.50. The van der Waals surface area contributed by atoms with Gasteiger partial charge in [0.05, 0.1) is 13.7 Å². The number of halogens is 1. The van der Waals surface area contributed by atoms with Crippen LogP contribution >= 0.6 is 12.4 Å². The van der Waals surface area contributed by atoms with Crippen molar-refractivity contribution in [1.82, 2.24) is 4.90 Å². The van der Waals surface area contributed by atoms with Crippen molar-refractivity contribution in [1.29, 1.82) is 0 Å². The van der Waals surface area contributed by atoms with Gasteiger partial charge >= 0.3 is 0 Å². The van der Waals surface area contributed by atoms with E-state index >= 15 is 0 Å². The van der Waals surface area contributed by atoms with E-state index in [0.717, 1.165) is 11.5 Å². The lowest BCUT2D eigenvalue weighted by Crippen LogP contribution is -2.43. The molecule has 7 heteroatoms. The van der Waals surface area contributed by atoms with E-state index in [1.807, 2.05) is 24.3 Å². The Morgan fingerprint density at radius 2 is 1.81 bits per heavy atom. The van der Waals surface area contributed by atoms with Crippen molar-refractivity contribution in [2.75, 3.05) is 41.0 Å². The molecular weight excluding hydrogens is 296 g/mol. The molecular formula is C14H23ClN2O4. The number of hydrogen-bond donors (Lipinski definition) is 1. The van der Waals surface area contributed by atoms with Crippen LogP contribution in [-0.2, 0) is 9.53 Å². The molecule has 0 heterocycles. The summed E-state index contributed by atoms with van der Waals surface area (Å²) in [5, 5.41) is 0. The fourth-order valence-electron chi connectivity index (χ4n) is 1.63. The van der Waals surface area contributed by atoms with E-state index in [0.29, 0.717) is 13.2 Å². The molecule has 1 rings (SSSR count). The van der Waals surface area contributed by atoms with Gasteiger partial charge in [-0.1, -0.05) is 0 Å². The van der Waals surface area contributed by atoms with E-state index in [1.165, 1.54) is 7.11 Å². The van der Waals surface area contributed by atoms with E-state index in [4.69, 9.17) is 19.9 Å². The van der Waals surface area contributed by atoms with Crippen LogP contribution in [0.3, 0.4) is 0 Å². The van der Waals surface area contributed by atoms with Gasteiger partial charge in [-0.15, -0.1) is 12.4 Å². The molecule has 1 amide bonds. The average Bonchev–Trinajstić information content (AvgIpc) is 2.49. The van der Waals surface area contributed by atoms with Crippen LogP contribution in [0, 0.1) is 0 Å². The number of amides is 1. The summed E-state index contributed by atoms with van der Waals surface area (Å²) in [6.45, 7) is 1.03. The maximum absolute atomic E-state index is 11.9. The number of carbonyl (C=O) groups excluding carboxylic acids is 1. The molecule has 6 nitrogen and oxygen atoms in total. The summed E-state index contributed by atoms with van der Waals surface area (Å²) in [4.78, 5) is 13.4. The van der Waals surface area contributed by atoms with Gasteiger partial charge in [0.2, 0.25) is 0 Å². The van der Waals surface area contributed by atoms with Gasteiger partial charge in [0, 0.05) is 20.7 Å². The second-order valence-corrected chi connectivity index (χ2v) is 4.24. The highest BCUT2D eigenvalue weighted by Crippen LogP contribution is 2.16. The van der Waals surface area contributed by atoms with Gasteiger partial charge in [-0.25, -0.2) is 0 Å². The molecule has 21 heavy (non-hydrogen) atoms. The molecule has 1 atom stereocenters. The maximum atomic E-state index is 11.9. The highest BCUT2D eigenvalue weighted by atomic mass is 35.5. The lowest BCUT2D eigenvalue weighted by Gasteiger charge is -2.22. The van der Waals surface area contributed by atoms with Crippen LogP contribution in [0.5, 0.6) is 11.5 Å². The van der Waals surface area contributed by atoms with Gasteiger partial charge in [-0.05, 0) is 24.3 Å². The van der Waals surface area contributed by atoms with Crippen molar-refractivity contribution in [3.63, 3.8) is 0 Å². The second kappa shape index (κ2) is 10.3. The largest absolute Gasteiger partial charge is 0.497 e. The molecule has 120 valence electrons. The zero-order valence-corrected chi connectivity index (χ0v) is 13.4. The third kappa shape index (κ3) is 6.20. The smallest absolute Gasteiger partial charge is 0.252 e. The van der Waals surface area contributed by atoms with Crippen LogP contribution in [0.15, 0.2) is 24.3 Å². The molecule has 0 spiro atoms. The van der Waals surface area contributed by atoms with E-state index in [-0.39, 0.29) is 24.9 Å². The first-order chi connectivity index (χ1) is 9.62. The molecule has 0 saturated heterocycles. The van der Waals surface area contributed by atoms with Crippen molar-refractivity contribution >= 4 is 18.3 Å². The fraction of sp³-hybridized carbons (Fsp3) is 0.500. The van der Waals surface area contributed by atoms with E-state index < -0.39 is 6.10 Å². The number of hydrogen-bond acceptors (Lipinski definition) is 5. The first-order valence-corrected chi connectivity index (χ1v) is 6.37. The Labute approximate surface area is 131 Å². The molecule has 1 aromatic rings. The third-order valence-corrected chi connectivity index (χ3v) is 2.91. The summed E-state index contributed by atoms with van der Waals surface area (Å²) >= 11 is 0. The van der Waals surface area contributed by atoms with Crippen LogP contribution in [0.1, 0.15) is 0 Å². The number of benzene rings is 1. The quantitative estimate of drug-likeness (QED) is 0.772. The maximum Gasteiger partial charge on any atom is 0.252 e. The Bertz CT molecular complexity index is 410. The Kier molecular flexibility index (Phi) is 9.53. The fourth-order valence-corrected chi connectivity index (χ4v) is 1.63. The van der Waals surface area contributed by atoms with E-state index in [2.05, 4.69) is 0 Å². The van der Waals surface area contributed by atoms with Crippen molar-refractivity contribution in [3.05, 3.63) is 24.3 Å². The normalized spacial score (nSPS) is 11.2. The Balaban J connectivity index is 0.00000400.